The van der Waals surface area contributed by atoms with E-state index in [9.17, 15) is 8.42 Å². The van der Waals surface area contributed by atoms with Gasteiger partial charge in [0.2, 0.25) is 10.0 Å². The zero-order valence-corrected chi connectivity index (χ0v) is 12.7. The molecule has 0 spiro atoms. The zero-order chi connectivity index (χ0) is 14.7. The van der Waals surface area contributed by atoms with Crippen molar-refractivity contribution < 1.29 is 8.42 Å². The highest BCUT2D eigenvalue weighted by atomic mass is 32.2. The van der Waals surface area contributed by atoms with Crippen molar-refractivity contribution >= 4 is 15.8 Å². The number of hydrogen-bond donors (Lipinski definition) is 2. The van der Waals surface area contributed by atoms with Crippen LogP contribution >= 0.6 is 0 Å². The van der Waals surface area contributed by atoms with Crippen molar-refractivity contribution in [2.75, 3.05) is 26.0 Å². The van der Waals surface area contributed by atoms with Gasteiger partial charge in [0, 0.05) is 25.8 Å². The summed E-state index contributed by atoms with van der Waals surface area (Å²) in [7, 11) is -0.441. The van der Waals surface area contributed by atoms with E-state index in [1.54, 1.807) is 12.1 Å². The minimum Gasteiger partial charge on any atom is -0.365 e. The minimum atomic E-state index is -3.42. The van der Waals surface area contributed by atoms with E-state index in [2.05, 4.69) is 10.3 Å². The Morgan fingerprint density at radius 2 is 2.00 bits per heavy atom. The summed E-state index contributed by atoms with van der Waals surface area (Å²) in [4.78, 5) is 4.32. The Bertz CT molecular complexity index is 509. The molecule has 0 aliphatic rings. The summed E-state index contributed by atoms with van der Waals surface area (Å²) in [5.74, 6) is 0.635. The van der Waals surface area contributed by atoms with Crippen molar-refractivity contribution in [3.8, 4) is 0 Å². The topological polar surface area (TPSA) is 88.3 Å². The van der Waals surface area contributed by atoms with Gasteiger partial charge < -0.3 is 11.1 Å². The lowest BCUT2D eigenvalue weighted by Crippen LogP contribution is -2.33. The number of nitrogens with zero attached hydrogens (tertiary/aromatic N) is 2. The van der Waals surface area contributed by atoms with Gasteiger partial charge in [-0.25, -0.2) is 17.7 Å². The van der Waals surface area contributed by atoms with Crippen LogP contribution in [0.4, 0.5) is 5.82 Å². The summed E-state index contributed by atoms with van der Waals surface area (Å²) in [6, 6.07) is 3.21. The third-order valence-electron chi connectivity index (χ3n) is 2.75. The molecule has 1 aromatic rings. The van der Waals surface area contributed by atoms with Crippen LogP contribution in [0, 0.1) is 0 Å². The fraction of sp³-hybridized carbons (Fsp3) is 0.583. The van der Waals surface area contributed by atoms with Crippen LogP contribution in [0.5, 0.6) is 0 Å². The van der Waals surface area contributed by atoms with Gasteiger partial charge in [-0.1, -0.05) is 0 Å². The smallest absolute Gasteiger partial charge is 0.244 e. The lowest BCUT2D eigenvalue weighted by atomic mass is 10.0. The third kappa shape index (κ3) is 4.15. The number of pyridine rings is 1. The van der Waals surface area contributed by atoms with Crippen LogP contribution in [0.1, 0.15) is 20.3 Å². The molecule has 0 bridgehead atoms. The van der Waals surface area contributed by atoms with Gasteiger partial charge in [0.05, 0.1) is 0 Å². The van der Waals surface area contributed by atoms with E-state index in [0.717, 1.165) is 10.7 Å². The molecule has 1 heterocycles. The van der Waals surface area contributed by atoms with Crippen LogP contribution in [0.3, 0.4) is 0 Å². The molecule has 6 nitrogen and oxygen atoms in total. The largest absolute Gasteiger partial charge is 0.365 e. The molecule has 19 heavy (non-hydrogen) atoms. The average molecular weight is 286 g/mol. The lowest BCUT2D eigenvalue weighted by Gasteiger charge is -2.26. The fourth-order valence-electron chi connectivity index (χ4n) is 1.59. The van der Waals surface area contributed by atoms with Crippen LogP contribution < -0.4 is 11.1 Å². The molecule has 0 fully saturated rings. The molecule has 0 amide bonds. The molecular weight excluding hydrogens is 264 g/mol. The molecule has 0 radical (unpaired) electrons. The Labute approximate surface area is 115 Å². The molecule has 3 N–H and O–H groups in total. The van der Waals surface area contributed by atoms with E-state index in [-0.39, 0.29) is 10.4 Å². The van der Waals surface area contributed by atoms with Gasteiger partial charge in [-0.05, 0) is 38.9 Å². The summed E-state index contributed by atoms with van der Waals surface area (Å²) in [5.41, 5.74) is 5.36. The van der Waals surface area contributed by atoms with Crippen molar-refractivity contribution in [1.29, 1.82) is 0 Å². The van der Waals surface area contributed by atoms with Gasteiger partial charge in [-0.3, -0.25) is 0 Å². The first kappa shape index (κ1) is 15.9. The van der Waals surface area contributed by atoms with E-state index >= 15 is 0 Å². The van der Waals surface area contributed by atoms with Gasteiger partial charge in [-0.2, -0.15) is 0 Å². The Morgan fingerprint density at radius 3 is 2.42 bits per heavy atom. The number of anilines is 1. The highest BCUT2D eigenvalue weighted by Gasteiger charge is 2.19. The summed E-state index contributed by atoms with van der Waals surface area (Å²) in [5, 5.41) is 3.23. The van der Waals surface area contributed by atoms with E-state index in [0.29, 0.717) is 12.4 Å². The molecule has 108 valence electrons. The average Bonchev–Trinajstić information content (AvgIpc) is 2.28. The monoisotopic (exact) mass is 286 g/mol. The second-order valence-electron chi connectivity index (χ2n) is 5.21. The normalized spacial score (nSPS) is 12.7. The Balaban J connectivity index is 2.89. The maximum atomic E-state index is 11.9. The van der Waals surface area contributed by atoms with Crippen LogP contribution in [-0.4, -0.2) is 43.9 Å². The molecule has 0 unspecified atom stereocenters. The van der Waals surface area contributed by atoms with Crippen molar-refractivity contribution in [2.45, 2.75) is 30.7 Å². The van der Waals surface area contributed by atoms with Crippen LogP contribution in [0.25, 0.3) is 0 Å². The van der Waals surface area contributed by atoms with Gasteiger partial charge in [-0.15, -0.1) is 0 Å². The molecule has 0 aliphatic carbocycles. The predicted molar refractivity (Wildman–Crippen MR) is 76.5 cm³/mol. The molecule has 0 saturated carbocycles. The number of rotatable bonds is 6. The zero-order valence-electron chi connectivity index (χ0n) is 11.8. The molecule has 0 saturated heterocycles. The summed E-state index contributed by atoms with van der Waals surface area (Å²) in [6.07, 6.45) is 2.16. The van der Waals surface area contributed by atoms with Crippen LogP contribution in [-0.2, 0) is 10.0 Å². The molecule has 7 heteroatoms. The Hall–Kier alpha value is -1.18. The minimum absolute atomic E-state index is 0.177. The molecular formula is C12H22N4O2S. The van der Waals surface area contributed by atoms with Crippen molar-refractivity contribution in [1.82, 2.24) is 9.29 Å². The second-order valence-corrected chi connectivity index (χ2v) is 7.37. The SMILES string of the molecule is CN(C)S(=O)(=O)c1ccc(NC(C)(C)CCN)nc1. The molecule has 0 aliphatic heterocycles. The van der Waals surface area contributed by atoms with E-state index < -0.39 is 10.0 Å². The van der Waals surface area contributed by atoms with Gasteiger partial charge in [0.1, 0.15) is 10.7 Å². The number of sulfonamides is 1. The summed E-state index contributed by atoms with van der Waals surface area (Å²) >= 11 is 0. The number of aromatic nitrogens is 1. The third-order valence-corrected chi connectivity index (χ3v) is 4.55. The highest BCUT2D eigenvalue weighted by Crippen LogP contribution is 2.18. The standard InChI is InChI=1S/C12H22N4O2S/c1-12(2,7-8-13)15-11-6-5-10(9-14-11)19(17,18)16(3)4/h5-6,9H,7-8,13H2,1-4H3,(H,14,15). The Kier molecular flexibility index (Phi) is 4.89. The second kappa shape index (κ2) is 5.85. The molecule has 0 atom stereocenters. The van der Waals surface area contributed by atoms with Crippen LogP contribution in [0.2, 0.25) is 0 Å². The van der Waals surface area contributed by atoms with Gasteiger partial charge in [0.15, 0.2) is 0 Å². The molecule has 0 aromatic carbocycles. The van der Waals surface area contributed by atoms with Gasteiger partial charge >= 0.3 is 0 Å². The number of nitrogens with two attached hydrogens (primary N) is 1. The maximum Gasteiger partial charge on any atom is 0.244 e. The highest BCUT2D eigenvalue weighted by molar-refractivity contribution is 7.89. The Morgan fingerprint density at radius 1 is 1.37 bits per heavy atom. The number of hydrogen-bond acceptors (Lipinski definition) is 5. The number of nitrogens with one attached hydrogen (secondary N) is 1. The summed E-state index contributed by atoms with van der Waals surface area (Å²) < 4.78 is 24.9. The lowest BCUT2D eigenvalue weighted by molar-refractivity contribution is 0.519. The first-order valence-electron chi connectivity index (χ1n) is 6.06. The summed E-state index contributed by atoms with van der Waals surface area (Å²) in [6.45, 7) is 4.62. The van der Waals surface area contributed by atoms with Crippen molar-refractivity contribution in [3.05, 3.63) is 18.3 Å². The predicted octanol–water partition coefficient (Wildman–Crippen LogP) is 0.871. The first-order valence-corrected chi connectivity index (χ1v) is 7.50. The van der Waals surface area contributed by atoms with E-state index in [1.807, 2.05) is 13.8 Å². The van der Waals surface area contributed by atoms with E-state index in [1.165, 1.54) is 20.3 Å². The maximum absolute atomic E-state index is 11.9. The fourth-order valence-corrected chi connectivity index (χ4v) is 2.44. The van der Waals surface area contributed by atoms with Gasteiger partial charge in [0.25, 0.3) is 0 Å². The first-order chi connectivity index (χ1) is 8.69. The molecule has 1 aromatic heterocycles. The van der Waals surface area contributed by atoms with Crippen molar-refractivity contribution in [3.63, 3.8) is 0 Å². The molecule has 1 rings (SSSR count). The van der Waals surface area contributed by atoms with E-state index in [4.69, 9.17) is 5.73 Å². The van der Waals surface area contributed by atoms with Crippen molar-refractivity contribution in [2.24, 2.45) is 5.73 Å². The van der Waals surface area contributed by atoms with Crippen LogP contribution in [0.15, 0.2) is 23.2 Å². The quantitative estimate of drug-likeness (QED) is 0.810.